The summed E-state index contributed by atoms with van der Waals surface area (Å²) in [5.41, 5.74) is 0. The lowest BCUT2D eigenvalue weighted by atomic mass is 10.0. The second-order valence-corrected chi connectivity index (χ2v) is 17.9. The van der Waals surface area contributed by atoms with E-state index in [2.05, 4.69) is 62.5 Å². The Morgan fingerprint density at radius 2 is 0.902 bits per heavy atom. The van der Waals surface area contributed by atoms with Gasteiger partial charge in [0.2, 0.25) is 0 Å². The number of phosphoric ester groups is 1. The number of aliphatic hydroxyl groups excluding tert-OH is 2. The Bertz CT molecular complexity index is 1150. The fourth-order valence-electron chi connectivity index (χ4n) is 6.75. The molecule has 0 bridgehead atoms. The van der Waals surface area contributed by atoms with Crippen LogP contribution in [0.4, 0.5) is 0 Å². The molecule has 3 N–H and O–H groups in total. The number of esters is 2. The van der Waals surface area contributed by atoms with Crippen molar-refractivity contribution in [1.82, 2.24) is 0 Å². The molecule has 0 rings (SSSR count). The van der Waals surface area contributed by atoms with Crippen LogP contribution < -0.4 is 0 Å². The van der Waals surface area contributed by atoms with Crippen molar-refractivity contribution < 1.29 is 47.8 Å². The molecule has 0 fully saturated rings. The molecule has 3 atom stereocenters. The normalized spacial score (nSPS) is 14.1. The SMILES string of the molecule is CC/C=C\C/C=C\C/C=C\C/C=C\CCCCCCCCCCC(=O)OC(COC(=O)CCCCCCCCCCCCCCCCCCC)COP(=O)(O)OCC(O)CO. The van der Waals surface area contributed by atoms with E-state index in [1.807, 2.05) is 0 Å². The standard InChI is InChI=1S/C50H91O10P/c1-3-5-7-9-11-13-15-17-19-21-22-23-24-26-28-30-32-34-36-38-40-42-50(54)60-48(46-59-61(55,56)58-44-47(52)43-51)45-57-49(53)41-39-37-35-33-31-29-27-25-20-18-16-14-12-10-8-6-4-2/h5,7,11,13,17,19,22-23,47-48,51-52H,3-4,6,8-10,12,14-16,18,20-21,24-46H2,1-2H3,(H,55,56)/b7-5-,13-11-,19-17-,23-22-. The lowest BCUT2D eigenvalue weighted by Crippen LogP contribution is -2.29. The first-order chi connectivity index (χ1) is 29.7. The molecule has 0 amide bonds. The summed E-state index contributed by atoms with van der Waals surface area (Å²) in [5.74, 6) is -0.927. The predicted octanol–water partition coefficient (Wildman–Crippen LogP) is 13.7. The van der Waals surface area contributed by atoms with Gasteiger partial charge in [-0.2, -0.15) is 0 Å². The Morgan fingerprint density at radius 3 is 1.36 bits per heavy atom. The van der Waals surface area contributed by atoms with Crippen molar-refractivity contribution >= 4 is 19.8 Å². The highest BCUT2D eigenvalue weighted by atomic mass is 31.2. The third-order valence-electron chi connectivity index (χ3n) is 10.5. The highest BCUT2D eigenvalue weighted by Crippen LogP contribution is 2.43. The lowest BCUT2D eigenvalue weighted by molar-refractivity contribution is -0.161. The number of aliphatic hydroxyl groups is 2. The molecule has 11 heteroatoms. The van der Waals surface area contributed by atoms with Crippen LogP contribution in [0.25, 0.3) is 0 Å². The summed E-state index contributed by atoms with van der Waals surface area (Å²) >= 11 is 0. The van der Waals surface area contributed by atoms with Gasteiger partial charge in [-0.25, -0.2) is 4.57 Å². The van der Waals surface area contributed by atoms with E-state index in [-0.39, 0.29) is 19.4 Å². The molecular weight excluding hydrogens is 792 g/mol. The number of unbranched alkanes of at least 4 members (excludes halogenated alkanes) is 24. The zero-order valence-corrected chi connectivity index (χ0v) is 39.8. The molecule has 0 spiro atoms. The first kappa shape index (κ1) is 58.9. The zero-order valence-electron chi connectivity index (χ0n) is 38.9. The Balaban J connectivity index is 4.21. The van der Waals surface area contributed by atoms with E-state index in [0.717, 1.165) is 70.6 Å². The Hall–Kier alpha value is -2.07. The molecule has 0 heterocycles. The van der Waals surface area contributed by atoms with Gasteiger partial charge in [-0.3, -0.25) is 18.6 Å². The maximum atomic E-state index is 12.7. The van der Waals surface area contributed by atoms with Gasteiger partial charge in [-0.05, 0) is 51.4 Å². The van der Waals surface area contributed by atoms with E-state index in [1.165, 1.54) is 109 Å². The third-order valence-corrected chi connectivity index (χ3v) is 11.4. The van der Waals surface area contributed by atoms with Gasteiger partial charge in [0, 0.05) is 12.8 Å². The molecular formula is C50H91O10P. The number of rotatable bonds is 46. The van der Waals surface area contributed by atoms with Gasteiger partial charge in [0.15, 0.2) is 6.10 Å². The summed E-state index contributed by atoms with van der Waals surface area (Å²) in [6.45, 7) is 2.29. The summed E-state index contributed by atoms with van der Waals surface area (Å²) in [6, 6.07) is 0. The number of phosphoric acid groups is 1. The fourth-order valence-corrected chi connectivity index (χ4v) is 7.54. The zero-order chi connectivity index (χ0) is 44.8. The first-order valence-electron chi connectivity index (χ1n) is 24.6. The van der Waals surface area contributed by atoms with Crippen LogP contribution in [0.15, 0.2) is 48.6 Å². The van der Waals surface area contributed by atoms with Crippen LogP contribution in [0.2, 0.25) is 0 Å². The van der Waals surface area contributed by atoms with E-state index in [9.17, 15) is 24.2 Å². The molecule has 10 nitrogen and oxygen atoms in total. The second kappa shape index (κ2) is 45.9. The molecule has 61 heavy (non-hydrogen) atoms. The van der Waals surface area contributed by atoms with Crippen molar-refractivity contribution in [2.45, 2.75) is 232 Å². The minimum atomic E-state index is -4.62. The summed E-state index contributed by atoms with van der Waals surface area (Å²) < 4.78 is 32.8. The molecule has 0 aromatic carbocycles. The van der Waals surface area contributed by atoms with Crippen molar-refractivity contribution in [3.8, 4) is 0 Å². The van der Waals surface area contributed by atoms with Gasteiger partial charge >= 0.3 is 19.8 Å². The van der Waals surface area contributed by atoms with Crippen LogP contribution in [0.1, 0.15) is 219 Å². The maximum Gasteiger partial charge on any atom is 0.472 e. The van der Waals surface area contributed by atoms with Crippen molar-refractivity contribution in [1.29, 1.82) is 0 Å². The number of carbonyl (C=O) groups excluding carboxylic acids is 2. The molecule has 0 radical (unpaired) electrons. The summed E-state index contributed by atoms with van der Waals surface area (Å²) in [7, 11) is -4.62. The van der Waals surface area contributed by atoms with Crippen LogP contribution in [-0.2, 0) is 32.7 Å². The monoisotopic (exact) mass is 883 g/mol. The van der Waals surface area contributed by atoms with Gasteiger partial charge < -0.3 is 24.6 Å². The minimum absolute atomic E-state index is 0.175. The lowest BCUT2D eigenvalue weighted by Gasteiger charge is -2.20. The Kier molecular flexibility index (Phi) is 44.4. The number of allylic oxidation sites excluding steroid dienone is 8. The molecule has 0 saturated heterocycles. The molecule has 0 aliphatic carbocycles. The van der Waals surface area contributed by atoms with Gasteiger partial charge in [0.05, 0.1) is 19.8 Å². The minimum Gasteiger partial charge on any atom is -0.462 e. The van der Waals surface area contributed by atoms with E-state index in [1.54, 1.807) is 0 Å². The third kappa shape index (κ3) is 45.8. The van der Waals surface area contributed by atoms with Crippen molar-refractivity contribution in [2.24, 2.45) is 0 Å². The topological polar surface area (TPSA) is 149 Å². The van der Waals surface area contributed by atoms with Crippen LogP contribution in [0.3, 0.4) is 0 Å². The van der Waals surface area contributed by atoms with Crippen molar-refractivity contribution in [3.05, 3.63) is 48.6 Å². The number of hydrogen-bond acceptors (Lipinski definition) is 9. The van der Waals surface area contributed by atoms with Gasteiger partial charge in [0.25, 0.3) is 0 Å². The van der Waals surface area contributed by atoms with Crippen LogP contribution in [0.5, 0.6) is 0 Å². The van der Waals surface area contributed by atoms with Crippen molar-refractivity contribution in [2.75, 3.05) is 26.4 Å². The van der Waals surface area contributed by atoms with Crippen LogP contribution in [-0.4, -0.2) is 65.7 Å². The Labute approximate surface area is 373 Å². The number of hydrogen-bond donors (Lipinski definition) is 3. The summed E-state index contributed by atoms with van der Waals surface area (Å²) in [4.78, 5) is 35.1. The average molecular weight is 883 g/mol. The molecule has 0 saturated carbocycles. The summed E-state index contributed by atoms with van der Waals surface area (Å²) in [5, 5.41) is 18.4. The van der Waals surface area contributed by atoms with Crippen molar-refractivity contribution in [3.63, 3.8) is 0 Å². The van der Waals surface area contributed by atoms with Crippen LogP contribution in [0, 0.1) is 0 Å². The van der Waals surface area contributed by atoms with Gasteiger partial charge in [-0.15, -0.1) is 0 Å². The molecule has 0 aromatic rings. The van der Waals surface area contributed by atoms with E-state index in [4.69, 9.17) is 23.6 Å². The quantitative estimate of drug-likeness (QED) is 0.0233. The second-order valence-electron chi connectivity index (χ2n) is 16.5. The fraction of sp³-hybridized carbons (Fsp3) is 0.800. The number of ether oxygens (including phenoxy) is 2. The molecule has 3 unspecified atom stereocenters. The molecule has 0 aromatic heterocycles. The average Bonchev–Trinajstić information content (AvgIpc) is 3.25. The summed E-state index contributed by atoms with van der Waals surface area (Å²) in [6.07, 6.45) is 50.7. The van der Waals surface area contributed by atoms with Gasteiger partial charge in [0.1, 0.15) is 12.7 Å². The highest BCUT2D eigenvalue weighted by Gasteiger charge is 2.27. The molecule has 0 aliphatic heterocycles. The van der Waals surface area contributed by atoms with E-state index >= 15 is 0 Å². The largest absolute Gasteiger partial charge is 0.472 e. The smallest absolute Gasteiger partial charge is 0.462 e. The van der Waals surface area contributed by atoms with E-state index < -0.39 is 51.8 Å². The first-order valence-corrected chi connectivity index (χ1v) is 26.1. The molecule has 356 valence electrons. The van der Waals surface area contributed by atoms with Crippen LogP contribution >= 0.6 is 7.82 Å². The maximum absolute atomic E-state index is 12.7. The van der Waals surface area contributed by atoms with E-state index in [0.29, 0.717) is 12.8 Å². The number of carbonyl (C=O) groups is 2. The Morgan fingerprint density at radius 1 is 0.508 bits per heavy atom. The van der Waals surface area contributed by atoms with Gasteiger partial charge in [-0.1, -0.05) is 204 Å². The molecule has 0 aliphatic rings. The highest BCUT2D eigenvalue weighted by molar-refractivity contribution is 7.47. The predicted molar refractivity (Wildman–Crippen MR) is 251 cm³/mol.